The maximum Gasteiger partial charge on any atom is 0.351 e. The summed E-state index contributed by atoms with van der Waals surface area (Å²) in [5, 5.41) is 36.4. The van der Waals surface area contributed by atoms with Gasteiger partial charge in [-0.3, -0.25) is 28.5 Å². The SMILES string of the molecule is CC(C)C[C@H](NC(=O)[C@@H](NC(=O)[C@H](Cc1c[nH]c2ccccc12)NC(=O)CCCCCCC(=O)Nc1ccn([C@H]2CC[C@@H](CO)O2)c(=O)n1)C(C)C)[C@@H](O)CC(=O)NC(Cc1ccccc1)c1ccccc1. The molecule has 1 saturated heterocycles. The molecule has 17 heteroatoms. The van der Waals surface area contributed by atoms with Crippen LogP contribution in [0.4, 0.5) is 5.82 Å². The van der Waals surface area contributed by atoms with E-state index < -0.39 is 48.0 Å². The van der Waals surface area contributed by atoms with Gasteiger partial charge in [0.2, 0.25) is 29.5 Å². The number of nitrogens with zero attached hydrogens (tertiary/aromatic N) is 2. The van der Waals surface area contributed by atoms with Crippen molar-refractivity contribution in [2.24, 2.45) is 11.8 Å². The molecule has 0 spiro atoms. The number of aliphatic hydroxyl groups excluding tert-OH is 2. The topological polar surface area (TPSA) is 246 Å². The van der Waals surface area contributed by atoms with Crippen LogP contribution in [0.25, 0.3) is 10.9 Å². The van der Waals surface area contributed by atoms with E-state index >= 15 is 0 Å². The average molecular weight is 989 g/mol. The molecule has 5 amide bonds. The molecule has 3 heterocycles. The summed E-state index contributed by atoms with van der Waals surface area (Å²) in [6, 6.07) is 25.4. The molecule has 8 N–H and O–H groups in total. The van der Waals surface area contributed by atoms with Crippen molar-refractivity contribution < 1.29 is 38.9 Å². The molecule has 17 nitrogen and oxygen atoms in total. The Balaban J connectivity index is 1.02. The molecule has 72 heavy (non-hydrogen) atoms. The minimum atomic E-state index is -1.23. The van der Waals surface area contributed by atoms with Crippen LogP contribution in [0.15, 0.2) is 108 Å². The maximum atomic E-state index is 14.3. The highest BCUT2D eigenvalue weighted by molar-refractivity contribution is 5.93. The molecule has 1 aliphatic heterocycles. The number of rotatable bonds is 27. The number of carbonyl (C=O) groups is 5. The molecule has 0 radical (unpaired) electrons. The first kappa shape index (κ1) is 54.6. The van der Waals surface area contributed by atoms with Crippen LogP contribution >= 0.6 is 0 Å². The van der Waals surface area contributed by atoms with Crippen molar-refractivity contribution in [3.63, 3.8) is 0 Å². The van der Waals surface area contributed by atoms with E-state index in [1.807, 2.05) is 98.8 Å². The number of amides is 5. The number of anilines is 1. The van der Waals surface area contributed by atoms with E-state index in [9.17, 15) is 39.0 Å². The Morgan fingerprint density at radius 3 is 2.11 bits per heavy atom. The number of nitrogens with one attached hydrogen (secondary N) is 6. The Morgan fingerprint density at radius 2 is 1.44 bits per heavy atom. The number of unbranched alkanes of at least 4 members (excludes halogenated alkanes) is 3. The van der Waals surface area contributed by atoms with Gasteiger partial charge >= 0.3 is 5.69 Å². The molecule has 386 valence electrons. The number of ether oxygens (including phenoxy) is 1. The second kappa shape index (κ2) is 27.2. The molecule has 1 aliphatic rings. The van der Waals surface area contributed by atoms with Gasteiger partial charge in [0.25, 0.3) is 0 Å². The van der Waals surface area contributed by atoms with Gasteiger partial charge in [0.05, 0.1) is 37.3 Å². The lowest BCUT2D eigenvalue weighted by molar-refractivity contribution is -0.133. The number of hydrogen-bond donors (Lipinski definition) is 8. The van der Waals surface area contributed by atoms with Crippen LogP contribution in [0.2, 0.25) is 0 Å². The molecule has 6 rings (SSSR count). The number of carbonyl (C=O) groups excluding carboxylic acids is 5. The predicted molar refractivity (Wildman–Crippen MR) is 275 cm³/mol. The minimum absolute atomic E-state index is 0.0471. The Morgan fingerprint density at radius 1 is 0.764 bits per heavy atom. The van der Waals surface area contributed by atoms with Crippen LogP contribution in [0.1, 0.15) is 121 Å². The summed E-state index contributed by atoms with van der Waals surface area (Å²) in [6.45, 7) is 7.40. The van der Waals surface area contributed by atoms with E-state index in [0.717, 1.165) is 27.6 Å². The molecule has 1 unspecified atom stereocenters. The van der Waals surface area contributed by atoms with Crippen molar-refractivity contribution in [3.05, 3.63) is 131 Å². The van der Waals surface area contributed by atoms with E-state index in [0.29, 0.717) is 51.4 Å². The number of H-pyrrole nitrogens is 1. The third kappa shape index (κ3) is 16.4. The minimum Gasteiger partial charge on any atom is -0.394 e. The summed E-state index contributed by atoms with van der Waals surface area (Å²) < 4.78 is 7.01. The summed E-state index contributed by atoms with van der Waals surface area (Å²) in [7, 11) is 0. The highest BCUT2D eigenvalue weighted by atomic mass is 16.5. The van der Waals surface area contributed by atoms with Crippen molar-refractivity contribution in [2.75, 3.05) is 11.9 Å². The van der Waals surface area contributed by atoms with Crippen LogP contribution in [-0.4, -0.2) is 91.2 Å². The van der Waals surface area contributed by atoms with E-state index in [-0.39, 0.29) is 79.8 Å². The molecule has 0 bridgehead atoms. The standard InChI is InChI=1S/C55H72N8O9/c1-35(2)29-44(46(65)32-50(68)57-43(38-19-11-8-12-20-38)30-37-17-9-7-10-18-37)59-54(70)52(36(3)4)62-53(69)45(31-39-33-56-42-22-16-15-21-41(39)42)58-48(66)23-13-5-6-14-24-49(67)60-47-27-28-63(55(71)61-47)51-26-25-40(34-64)72-51/h7-12,15-22,27-28,33,35-36,40,43-46,51-52,56,64-65H,5-6,13-14,23-26,29-32,34H2,1-4H3,(H,57,68)(H,58,66)(H,59,70)(H,62,69)(H,60,61,67,71)/t40-,43?,44-,45-,46-,51+,52-/m0/s1. The van der Waals surface area contributed by atoms with E-state index in [4.69, 9.17) is 4.74 Å². The first-order chi connectivity index (χ1) is 34.7. The van der Waals surface area contributed by atoms with Crippen molar-refractivity contribution in [1.29, 1.82) is 0 Å². The first-order valence-electron chi connectivity index (χ1n) is 25.3. The fraction of sp³-hybridized carbons (Fsp3) is 0.473. The van der Waals surface area contributed by atoms with Gasteiger partial charge in [-0.1, -0.05) is 119 Å². The highest BCUT2D eigenvalue weighted by Gasteiger charge is 2.33. The second-order valence-electron chi connectivity index (χ2n) is 19.6. The van der Waals surface area contributed by atoms with Crippen LogP contribution in [0.5, 0.6) is 0 Å². The second-order valence-corrected chi connectivity index (χ2v) is 19.6. The lowest BCUT2D eigenvalue weighted by Crippen LogP contribution is -2.58. The number of benzene rings is 3. The largest absolute Gasteiger partial charge is 0.394 e. The van der Waals surface area contributed by atoms with Crippen molar-refractivity contribution >= 4 is 46.3 Å². The molecule has 0 saturated carbocycles. The fourth-order valence-electron chi connectivity index (χ4n) is 9.11. The summed E-state index contributed by atoms with van der Waals surface area (Å²) in [4.78, 5) is 88.0. The van der Waals surface area contributed by atoms with Crippen molar-refractivity contribution in [3.8, 4) is 0 Å². The van der Waals surface area contributed by atoms with E-state index in [1.54, 1.807) is 20.0 Å². The summed E-state index contributed by atoms with van der Waals surface area (Å²) >= 11 is 0. The lowest BCUT2D eigenvalue weighted by Gasteiger charge is -2.30. The summed E-state index contributed by atoms with van der Waals surface area (Å²) in [5.41, 5.74) is 3.09. The van der Waals surface area contributed by atoms with Crippen LogP contribution in [-0.2, 0) is 41.6 Å². The van der Waals surface area contributed by atoms with E-state index in [2.05, 4.69) is 36.6 Å². The van der Waals surface area contributed by atoms with Gasteiger partial charge in [-0.25, -0.2) is 4.79 Å². The van der Waals surface area contributed by atoms with Crippen molar-refractivity contribution in [2.45, 2.75) is 147 Å². The average Bonchev–Trinajstić information content (AvgIpc) is 4.01. The van der Waals surface area contributed by atoms with Gasteiger partial charge in [-0.2, -0.15) is 4.98 Å². The lowest BCUT2D eigenvalue weighted by atomic mass is 9.94. The quantitative estimate of drug-likeness (QED) is 0.0289. The number of aromatic amines is 1. The normalized spacial score (nSPS) is 16.7. The van der Waals surface area contributed by atoms with Gasteiger partial charge in [0.15, 0.2) is 0 Å². The molecule has 3 aromatic carbocycles. The molecule has 1 fully saturated rings. The fourth-order valence-corrected chi connectivity index (χ4v) is 9.11. The zero-order valence-electron chi connectivity index (χ0n) is 41.9. The number of aromatic nitrogens is 3. The first-order valence-corrected chi connectivity index (χ1v) is 25.3. The maximum absolute atomic E-state index is 14.3. The van der Waals surface area contributed by atoms with Gasteiger partial charge < -0.3 is 46.5 Å². The number of para-hydroxylation sites is 1. The van der Waals surface area contributed by atoms with Gasteiger partial charge in [0, 0.05) is 42.6 Å². The Kier molecular flexibility index (Phi) is 20.7. The molecular weight excluding hydrogens is 917 g/mol. The number of aliphatic hydroxyl groups is 2. The molecule has 7 atom stereocenters. The van der Waals surface area contributed by atoms with E-state index in [1.165, 1.54) is 16.8 Å². The molecule has 0 aliphatic carbocycles. The predicted octanol–water partition coefficient (Wildman–Crippen LogP) is 5.92. The number of fused-ring (bicyclic) bond motifs is 1. The Hall–Kier alpha value is -6.69. The smallest absolute Gasteiger partial charge is 0.351 e. The van der Waals surface area contributed by atoms with Crippen LogP contribution < -0.4 is 32.3 Å². The Labute approximate surface area is 421 Å². The van der Waals surface area contributed by atoms with Gasteiger partial charge in [-0.05, 0) is 79.2 Å². The zero-order valence-corrected chi connectivity index (χ0v) is 41.9. The van der Waals surface area contributed by atoms with Crippen LogP contribution in [0.3, 0.4) is 0 Å². The zero-order chi connectivity index (χ0) is 51.6. The molecule has 5 aromatic rings. The van der Waals surface area contributed by atoms with Gasteiger partial charge in [-0.15, -0.1) is 0 Å². The molecule has 2 aromatic heterocycles. The van der Waals surface area contributed by atoms with Crippen LogP contribution in [0, 0.1) is 11.8 Å². The summed E-state index contributed by atoms with van der Waals surface area (Å²) in [5.74, 6) is -2.27. The van der Waals surface area contributed by atoms with Crippen molar-refractivity contribution in [1.82, 2.24) is 35.8 Å². The monoisotopic (exact) mass is 989 g/mol. The Bertz CT molecular complexity index is 2600. The molecular formula is C55H72N8O9. The number of hydrogen-bond acceptors (Lipinski definition) is 10. The third-order valence-electron chi connectivity index (χ3n) is 13.0. The third-order valence-corrected chi connectivity index (χ3v) is 13.0. The summed E-state index contributed by atoms with van der Waals surface area (Å²) in [6.07, 6.45) is 5.94. The van der Waals surface area contributed by atoms with Gasteiger partial charge in [0.1, 0.15) is 24.1 Å². The highest BCUT2D eigenvalue weighted by Crippen LogP contribution is 2.27.